The van der Waals surface area contributed by atoms with Gasteiger partial charge in [0, 0.05) is 6.42 Å². The minimum absolute atomic E-state index is 0.193. The van der Waals surface area contributed by atoms with Crippen molar-refractivity contribution in [3.05, 3.63) is 48.0 Å². The van der Waals surface area contributed by atoms with Crippen LogP contribution < -0.4 is 0 Å². The van der Waals surface area contributed by atoms with Crippen LogP contribution in [0.15, 0.2) is 42.5 Å². The summed E-state index contributed by atoms with van der Waals surface area (Å²) in [6.07, 6.45) is 0.551. The predicted molar refractivity (Wildman–Crippen MR) is 76.1 cm³/mol. The molecule has 0 aliphatic heterocycles. The van der Waals surface area contributed by atoms with Gasteiger partial charge in [-0.1, -0.05) is 36.9 Å². The second-order valence-electron chi connectivity index (χ2n) is 5.01. The highest BCUT2D eigenvalue weighted by atomic mass is 16.6. The Morgan fingerprint density at radius 1 is 1.15 bits per heavy atom. The lowest BCUT2D eigenvalue weighted by Gasteiger charge is -2.25. The molecule has 0 bridgehead atoms. The van der Waals surface area contributed by atoms with E-state index in [4.69, 9.17) is 9.47 Å². The number of hydrogen-bond donors (Lipinski definition) is 0. The van der Waals surface area contributed by atoms with Crippen molar-refractivity contribution in [1.82, 2.24) is 0 Å². The lowest BCUT2D eigenvalue weighted by molar-refractivity contribution is -0.155. The highest BCUT2D eigenvalue weighted by molar-refractivity contribution is 6.13. The lowest BCUT2D eigenvalue weighted by atomic mass is 9.98. The lowest BCUT2D eigenvalue weighted by Crippen LogP contribution is -2.32. The Morgan fingerprint density at radius 2 is 1.75 bits per heavy atom. The highest BCUT2D eigenvalue weighted by Crippen LogP contribution is 2.18. The molecule has 0 amide bonds. The summed E-state index contributed by atoms with van der Waals surface area (Å²) in [6, 6.07) is 9.67. The van der Waals surface area contributed by atoms with Crippen LogP contribution in [0.5, 0.6) is 0 Å². The second kappa shape index (κ2) is 6.89. The molecule has 20 heavy (non-hydrogen) atoms. The van der Waals surface area contributed by atoms with Crippen molar-refractivity contribution in [1.29, 1.82) is 0 Å². The first-order valence-corrected chi connectivity index (χ1v) is 6.49. The number of hydrogen-bond acceptors (Lipinski definition) is 4. The number of esters is 2. The predicted octanol–water partition coefficient (Wildman–Crippen LogP) is 2.67. The van der Waals surface area contributed by atoms with Gasteiger partial charge in [0.1, 0.15) is 11.2 Å². The fourth-order valence-electron chi connectivity index (χ4n) is 1.74. The summed E-state index contributed by atoms with van der Waals surface area (Å²) in [7, 11) is 0. The zero-order valence-corrected chi connectivity index (χ0v) is 12.1. The smallest absolute Gasteiger partial charge is 0.345 e. The number of benzene rings is 1. The van der Waals surface area contributed by atoms with Gasteiger partial charge in [-0.05, 0) is 26.3 Å². The molecule has 0 aromatic heterocycles. The molecule has 1 rings (SSSR count). The molecule has 108 valence electrons. The van der Waals surface area contributed by atoms with E-state index in [0.29, 0.717) is 6.42 Å². The van der Waals surface area contributed by atoms with Crippen molar-refractivity contribution in [3.8, 4) is 0 Å². The third kappa shape index (κ3) is 4.88. The van der Waals surface area contributed by atoms with Crippen LogP contribution in [0, 0.1) is 0 Å². The van der Waals surface area contributed by atoms with Gasteiger partial charge in [-0.2, -0.15) is 0 Å². The van der Waals surface area contributed by atoms with E-state index in [2.05, 4.69) is 6.58 Å². The summed E-state index contributed by atoms with van der Waals surface area (Å²) in [6.45, 7) is 8.85. The van der Waals surface area contributed by atoms with Crippen molar-refractivity contribution in [2.75, 3.05) is 6.61 Å². The van der Waals surface area contributed by atoms with E-state index in [1.54, 1.807) is 20.8 Å². The zero-order valence-electron chi connectivity index (χ0n) is 12.1. The van der Waals surface area contributed by atoms with E-state index in [-0.39, 0.29) is 12.2 Å². The molecule has 0 saturated carbocycles. The van der Waals surface area contributed by atoms with Crippen molar-refractivity contribution >= 4 is 11.9 Å². The molecule has 0 aliphatic rings. The first-order valence-electron chi connectivity index (χ1n) is 6.49. The molecule has 0 spiro atoms. The first kappa shape index (κ1) is 16.0. The van der Waals surface area contributed by atoms with E-state index in [1.165, 1.54) is 0 Å². The molecule has 4 heteroatoms. The Bertz CT molecular complexity index is 488. The van der Waals surface area contributed by atoms with Crippen molar-refractivity contribution in [2.24, 2.45) is 0 Å². The summed E-state index contributed by atoms with van der Waals surface area (Å²) in [5.74, 6) is -1.49. The molecule has 0 fully saturated rings. The Labute approximate surface area is 119 Å². The van der Waals surface area contributed by atoms with Gasteiger partial charge in [0.2, 0.25) is 0 Å². The van der Waals surface area contributed by atoms with Gasteiger partial charge >= 0.3 is 11.9 Å². The van der Waals surface area contributed by atoms with Gasteiger partial charge in [-0.3, -0.25) is 0 Å². The highest BCUT2D eigenvalue weighted by Gasteiger charge is 2.27. The van der Waals surface area contributed by atoms with Gasteiger partial charge in [0.15, 0.2) is 0 Å². The Hall–Kier alpha value is -2.10. The summed E-state index contributed by atoms with van der Waals surface area (Å²) in [5, 5.41) is 0. The van der Waals surface area contributed by atoms with Gasteiger partial charge in [-0.15, -0.1) is 0 Å². The fraction of sp³-hybridized carbons (Fsp3) is 0.375. The SMILES string of the molecule is C=C(C(=O)OCC)C(=O)OC(C)(C)Cc1ccccc1. The molecule has 4 nitrogen and oxygen atoms in total. The Kier molecular flexibility index (Phi) is 5.50. The van der Waals surface area contributed by atoms with Gasteiger partial charge in [0.25, 0.3) is 0 Å². The summed E-state index contributed by atoms with van der Waals surface area (Å²) in [5.41, 5.74) is 0.0356. The minimum Gasteiger partial charge on any atom is -0.462 e. The van der Waals surface area contributed by atoms with Crippen molar-refractivity contribution in [2.45, 2.75) is 32.8 Å². The number of carbonyl (C=O) groups is 2. The minimum atomic E-state index is -0.746. The fourth-order valence-corrected chi connectivity index (χ4v) is 1.74. The molecule has 0 heterocycles. The zero-order chi connectivity index (χ0) is 15.2. The first-order chi connectivity index (χ1) is 9.35. The number of rotatable bonds is 6. The van der Waals surface area contributed by atoms with Gasteiger partial charge < -0.3 is 9.47 Å². The van der Waals surface area contributed by atoms with E-state index < -0.39 is 17.5 Å². The molecule has 0 atom stereocenters. The van der Waals surface area contributed by atoms with Crippen molar-refractivity contribution in [3.63, 3.8) is 0 Å². The molecule has 0 N–H and O–H groups in total. The number of ether oxygens (including phenoxy) is 2. The average molecular weight is 276 g/mol. The van der Waals surface area contributed by atoms with Crippen molar-refractivity contribution < 1.29 is 19.1 Å². The van der Waals surface area contributed by atoms with Crippen LogP contribution in [0.4, 0.5) is 0 Å². The molecular formula is C16H20O4. The Balaban J connectivity index is 2.64. The third-order valence-corrected chi connectivity index (χ3v) is 2.61. The van der Waals surface area contributed by atoms with E-state index in [0.717, 1.165) is 5.56 Å². The van der Waals surface area contributed by atoms with E-state index >= 15 is 0 Å². The topological polar surface area (TPSA) is 52.6 Å². The quantitative estimate of drug-likeness (QED) is 0.347. The molecule has 0 radical (unpaired) electrons. The van der Waals surface area contributed by atoms with Gasteiger partial charge in [0.05, 0.1) is 6.61 Å². The molecule has 1 aromatic rings. The van der Waals surface area contributed by atoms with Crippen LogP contribution >= 0.6 is 0 Å². The molecule has 0 aliphatic carbocycles. The maximum atomic E-state index is 11.8. The monoisotopic (exact) mass is 276 g/mol. The standard InChI is InChI=1S/C16H20O4/c1-5-19-14(17)12(2)15(18)20-16(3,4)11-13-9-7-6-8-10-13/h6-10H,2,5,11H2,1,3-4H3. The van der Waals surface area contributed by atoms with E-state index in [9.17, 15) is 9.59 Å². The molecular weight excluding hydrogens is 256 g/mol. The second-order valence-corrected chi connectivity index (χ2v) is 5.01. The number of carbonyl (C=O) groups excluding carboxylic acids is 2. The maximum absolute atomic E-state index is 11.8. The van der Waals surface area contributed by atoms with Gasteiger partial charge in [-0.25, -0.2) is 9.59 Å². The summed E-state index contributed by atoms with van der Waals surface area (Å²) in [4.78, 5) is 23.2. The molecule has 1 aromatic carbocycles. The average Bonchev–Trinajstić information content (AvgIpc) is 2.38. The summed E-state index contributed by atoms with van der Waals surface area (Å²) < 4.78 is 10.1. The largest absolute Gasteiger partial charge is 0.462 e. The van der Waals surface area contributed by atoms with Crippen LogP contribution in [-0.4, -0.2) is 24.1 Å². The van der Waals surface area contributed by atoms with Crippen LogP contribution in [-0.2, 0) is 25.5 Å². The third-order valence-electron chi connectivity index (χ3n) is 2.61. The van der Waals surface area contributed by atoms with E-state index in [1.807, 2.05) is 30.3 Å². The molecule has 0 saturated heterocycles. The normalized spacial score (nSPS) is 10.8. The van der Waals surface area contributed by atoms with Crippen LogP contribution in [0.3, 0.4) is 0 Å². The van der Waals surface area contributed by atoms with Crippen LogP contribution in [0.1, 0.15) is 26.3 Å². The van der Waals surface area contributed by atoms with Crippen LogP contribution in [0.2, 0.25) is 0 Å². The Morgan fingerprint density at radius 3 is 2.30 bits per heavy atom. The maximum Gasteiger partial charge on any atom is 0.345 e. The van der Waals surface area contributed by atoms with Crippen LogP contribution in [0.25, 0.3) is 0 Å². The molecule has 0 unspecified atom stereocenters. The summed E-state index contributed by atoms with van der Waals surface area (Å²) >= 11 is 0.